The van der Waals surface area contributed by atoms with Gasteiger partial charge in [0.25, 0.3) is 0 Å². The molecule has 183 valence electrons. The number of nitrogens with zero attached hydrogens (tertiary/aromatic N) is 2. The van der Waals surface area contributed by atoms with Crippen LogP contribution in [0.5, 0.6) is 0 Å². The number of fused-ring (bicyclic) bond motifs is 3. The van der Waals surface area contributed by atoms with Crippen molar-refractivity contribution < 1.29 is 9.53 Å². The largest absolute Gasteiger partial charge is 0.378 e. The first-order chi connectivity index (χ1) is 16.8. The molecule has 2 aromatic rings. The molecule has 1 atom stereocenters. The minimum atomic E-state index is -0.534. The molecule has 3 radical (unpaired) electrons. The van der Waals surface area contributed by atoms with Gasteiger partial charge in [-0.05, 0) is 47.0 Å². The zero-order valence-corrected chi connectivity index (χ0v) is 22.1. The third kappa shape index (κ3) is 4.88. The normalized spacial score (nSPS) is 20.3. The lowest BCUT2D eigenvalue weighted by atomic mass is 9.77. The van der Waals surface area contributed by atoms with Gasteiger partial charge in [0.1, 0.15) is 0 Å². The molecular formula is C28H35N4O2Si. The number of amides is 2. The third-order valence-electron chi connectivity index (χ3n) is 6.95. The number of carbonyl (C=O) groups is 1. The first-order valence-electron chi connectivity index (χ1n) is 12.1. The van der Waals surface area contributed by atoms with Gasteiger partial charge < -0.3 is 25.2 Å². The Bertz CT molecular complexity index is 1110. The number of hydrogen-bond donors (Lipinski definition) is 2. The molecule has 4 rings (SSSR count). The van der Waals surface area contributed by atoms with Crippen molar-refractivity contribution in [2.75, 3.05) is 43.6 Å². The van der Waals surface area contributed by atoms with E-state index >= 15 is 0 Å². The van der Waals surface area contributed by atoms with E-state index in [9.17, 15) is 4.79 Å². The standard InChI is InChI=1S/C28H35N4O2Si/c1-27(2)24-13-10-22(20-30-26(33)29-15-18-35)19-25(24)32-16-17-34-28(27,32)14-6-5-7-21-8-11-23(12-9-21)31(3)4/h5-14,19H,15-18,20H2,1-4H3,(H2,29,30,33)/b7-5+,14-6+. The van der Waals surface area contributed by atoms with Crippen LogP contribution in [-0.2, 0) is 16.7 Å². The molecule has 2 aliphatic rings. The number of urea groups is 1. The lowest BCUT2D eigenvalue weighted by Gasteiger charge is -2.39. The van der Waals surface area contributed by atoms with Crippen molar-refractivity contribution >= 4 is 33.7 Å². The number of allylic oxidation sites excluding steroid dienone is 2. The van der Waals surface area contributed by atoms with Crippen molar-refractivity contribution in [2.24, 2.45) is 0 Å². The molecule has 0 saturated carbocycles. The Morgan fingerprint density at radius 3 is 2.63 bits per heavy atom. The molecule has 1 fully saturated rings. The Balaban J connectivity index is 1.51. The van der Waals surface area contributed by atoms with Gasteiger partial charge in [-0.25, -0.2) is 4.79 Å². The number of rotatable bonds is 8. The summed E-state index contributed by atoms with van der Waals surface area (Å²) in [4.78, 5) is 16.4. The van der Waals surface area contributed by atoms with Gasteiger partial charge >= 0.3 is 6.03 Å². The molecule has 2 aliphatic heterocycles. The molecule has 0 aliphatic carbocycles. The molecular weight excluding hydrogens is 452 g/mol. The molecule has 0 aromatic heterocycles. The average molecular weight is 488 g/mol. The van der Waals surface area contributed by atoms with Gasteiger partial charge in [0.15, 0.2) is 5.72 Å². The monoisotopic (exact) mass is 487 g/mol. The highest BCUT2D eigenvalue weighted by Crippen LogP contribution is 2.55. The van der Waals surface area contributed by atoms with Crippen LogP contribution in [0.3, 0.4) is 0 Å². The Morgan fingerprint density at radius 1 is 1.14 bits per heavy atom. The van der Waals surface area contributed by atoms with E-state index in [4.69, 9.17) is 4.74 Å². The molecule has 35 heavy (non-hydrogen) atoms. The van der Waals surface area contributed by atoms with Gasteiger partial charge in [-0.15, -0.1) is 0 Å². The SMILES string of the molecule is CN(C)c1ccc(/C=C/C=C/C23OCCN2c2cc(CNC(=O)NCC[Si])ccc2C3(C)C)cc1. The second kappa shape index (κ2) is 10.3. The summed E-state index contributed by atoms with van der Waals surface area (Å²) in [5.74, 6) is 0. The van der Waals surface area contributed by atoms with Crippen molar-refractivity contribution in [3.05, 3.63) is 77.4 Å². The maximum absolute atomic E-state index is 11.9. The minimum Gasteiger partial charge on any atom is -0.378 e. The highest BCUT2D eigenvalue weighted by Gasteiger charge is 2.59. The minimum absolute atomic E-state index is 0.158. The van der Waals surface area contributed by atoms with Gasteiger partial charge in [-0.2, -0.15) is 0 Å². The molecule has 6 nitrogen and oxygen atoms in total. The Labute approximate surface area is 212 Å². The topological polar surface area (TPSA) is 56.8 Å². The lowest BCUT2D eigenvalue weighted by molar-refractivity contribution is -0.000291. The van der Waals surface area contributed by atoms with Crippen LogP contribution in [0.15, 0.2) is 60.7 Å². The zero-order chi connectivity index (χ0) is 25.1. The molecule has 2 amide bonds. The molecule has 2 aromatic carbocycles. The maximum Gasteiger partial charge on any atom is 0.315 e. The van der Waals surface area contributed by atoms with Crippen molar-refractivity contribution in [3.63, 3.8) is 0 Å². The Morgan fingerprint density at radius 2 is 1.91 bits per heavy atom. The van der Waals surface area contributed by atoms with Crippen molar-refractivity contribution in [1.82, 2.24) is 10.6 Å². The van der Waals surface area contributed by atoms with Crippen LogP contribution in [0.25, 0.3) is 6.08 Å². The van der Waals surface area contributed by atoms with Gasteiger partial charge in [0.2, 0.25) is 0 Å². The van der Waals surface area contributed by atoms with Gasteiger partial charge in [-0.1, -0.05) is 56.3 Å². The van der Waals surface area contributed by atoms with E-state index in [2.05, 4.69) is 111 Å². The van der Waals surface area contributed by atoms with E-state index in [-0.39, 0.29) is 11.4 Å². The highest BCUT2D eigenvalue weighted by molar-refractivity contribution is 6.08. The predicted molar refractivity (Wildman–Crippen MR) is 145 cm³/mol. The predicted octanol–water partition coefficient (Wildman–Crippen LogP) is 4.23. The van der Waals surface area contributed by atoms with E-state index < -0.39 is 5.72 Å². The highest BCUT2D eigenvalue weighted by atomic mass is 28.1. The summed E-state index contributed by atoms with van der Waals surface area (Å²) in [5, 5.41) is 5.75. The van der Waals surface area contributed by atoms with Gasteiger partial charge in [0.05, 0.1) is 6.61 Å². The summed E-state index contributed by atoms with van der Waals surface area (Å²) in [6, 6.07) is 15.5. The summed E-state index contributed by atoms with van der Waals surface area (Å²) in [5.41, 5.74) is 5.10. The van der Waals surface area contributed by atoms with Crippen LogP contribution in [0.2, 0.25) is 6.04 Å². The van der Waals surface area contributed by atoms with Gasteiger partial charge in [-0.3, -0.25) is 0 Å². The molecule has 7 heteroatoms. The summed E-state index contributed by atoms with van der Waals surface area (Å²) in [7, 11) is 7.46. The fourth-order valence-electron chi connectivity index (χ4n) is 4.99. The molecule has 2 N–H and O–H groups in total. The summed E-state index contributed by atoms with van der Waals surface area (Å²) in [6.07, 6.45) is 8.49. The van der Waals surface area contributed by atoms with E-state index in [1.54, 1.807) is 0 Å². The molecule has 0 spiro atoms. The second-order valence-corrected chi connectivity index (χ2v) is 10.2. The quantitative estimate of drug-likeness (QED) is 0.432. The van der Waals surface area contributed by atoms with E-state index in [0.29, 0.717) is 19.7 Å². The van der Waals surface area contributed by atoms with Crippen LogP contribution in [-0.4, -0.2) is 55.8 Å². The molecule has 0 bridgehead atoms. The average Bonchev–Trinajstić information content (AvgIpc) is 3.36. The van der Waals surface area contributed by atoms with Crippen LogP contribution < -0.4 is 20.4 Å². The van der Waals surface area contributed by atoms with Crippen molar-refractivity contribution in [1.29, 1.82) is 0 Å². The lowest BCUT2D eigenvalue weighted by Crippen LogP contribution is -2.51. The van der Waals surface area contributed by atoms with Crippen LogP contribution >= 0.6 is 0 Å². The number of benzene rings is 2. The summed E-state index contributed by atoms with van der Waals surface area (Å²) < 4.78 is 6.45. The van der Waals surface area contributed by atoms with Gasteiger partial charge in [0, 0.05) is 60.8 Å². The fourth-order valence-corrected chi connectivity index (χ4v) is 5.11. The first-order valence-corrected chi connectivity index (χ1v) is 12.8. The third-order valence-corrected chi connectivity index (χ3v) is 7.20. The van der Waals surface area contributed by atoms with Crippen LogP contribution in [0.4, 0.5) is 16.2 Å². The second-order valence-electron chi connectivity index (χ2n) is 9.74. The Kier molecular flexibility index (Phi) is 7.38. The van der Waals surface area contributed by atoms with Crippen molar-refractivity contribution in [2.45, 2.75) is 37.6 Å². The zero-order valence-electron chi connectivity index (χ0n) is 21.1. The Hall–Kier alpha value is -3.03. The number of nitrogens with one attached hydrogen (secondary N) is 2. The van der Waals surface area contributed by atoms with Crippen LogP contribution in [0.1, 0.15) is 30.5 Å². The van der Waals surface area contributed by atoms with E-state index in [1.165, 1.54) is 16.9 Å². The van der Waals surface area contributed by atoms with Crippen LogP contribution in [0, 0.1) is 0 Å². The maximum atomic E-state index is 11.9. The number of carbonyl (C=O) groups excluding carboxylic acids is 1. The van der Waals surface area contributed by atoms with E-state index in [0.717, 1.165) is 23.7 Å². The summed E-state index contributed by atoms with van der Waals surface area (Å²) >= 11 is 0. The smallest absolute Gasteiger partial charge is 0.315 e. The van der Waals surface area contributed by atoms with E-state index in [1.807, 2.05) is 14.1 Å². The number of ether oxygens (including phenoxy) is 1. The fraction of sp³-hybridized carbons (Fsp3) is 0.393. The molecule has 2 heterocycles. The summed E-state index contributed by atoms with van der Waals surface area (Å²) in [6.45, 7) is 7.08. The first kappa shape index (κ1) is 25.1. The molecule has 1 saturated heterocycles. The molecule has 1 unspecified atom stereocenters. The van der Waals surface area contributed by atoms with Crippen molar-refractivity contribution in [3.8, 4) is 0 Å². The number of anilines is 2. The number of hydrogen-bond acceptors (Lipinski definition) is 4.